The van der Waals surface area contributed by atoms with Gasteiger partial charge >= 0.3 is 5.97 Å². The van der Waals surface area contributed by atoms with E-state index in [2.05, 4.69) is 10.0 Å². The number of hydrogen-bond donors (Lipinski definition) is 2. The highest BCUT2D eigenvalue weighted by Gasteiger charge is 2.20. The summed E-state index contributed by atoms with van der Waals surface area (Å²) >= 11 is 0. The minimum atomic E-state index is -3.64. The van der Waals surface area contributed by atoms with Crippen molar-refractivity contribution in [2.75, 3.05) is 33.3 Å². The molecule has 33 heavy (non-hydrogen) atoms. The SMILES string of the molecule is CC[C@@H](C)NS(=O)(=O)c1ccc(OCC(=O)Nc2cc(OC)c(OC)cc2C(=O)OC)cc1. The van der Waals surface area contributed by atoms with Crippen molar-refractivity contribution in [1.82, 2.24) is 4.72 Å². The number of carbonyl (C=O) groups excluding carboxylic acids is 2. The van der Waals surface area contributed by atoms with Crippen molar-refractivity contribution in [2.24, 2.45) is 0 Å². The summed E-state index contributed by atoms with van der Waals surface area (Å²) in [7, 11) is 0.421. The molecule has 0 saturated carbocycles. The van der Waals surface area contributed by atoms with Crippen molar-refractivity contribution in [2.45, 2.75) is 31.2 Å². The fraction of sp³-hybridized carbons (Fsp3) is 0.364. The van der Waals surface area contributed by atoms with Gasteiger partial charge in [-0.1, -0.05) is 6.92 Å². The number of carbonyl (C=O) groups is 2. The molecule has 2 N–H and O–H groups in total. The van der Waals surface area contributed by atoms with Crippen LogP contribution < -0.4 is 24.2 Å². The van der Waals surface area contributed by atoms with Gasteiger partial charge in [-0.2, -0.15) is 0 Å². The standard InChI is InChI=1S/C22H28N2O8S/c1-6-14(2)24-33(27,28)16-9-7-15(8-10-16)32-13-21(25)23-18-12-20(30-4)19(29-3)11-17(18)22(26)31-5/h7-12,14,24H,6,13H2,1-5H3,(H,23,25)/t14-/m1/s1. The van der Waals surface area contributed by atoms with Gasteiger partial charge in [0.05, 0.1) is 37.5 Å². The highest BCUT2D eigenvalue weighted by molar-refractivity contribution is 7.89. The number of nitrogens with one attached hydrogen (secondary N) is 2. The van der Waals surface area contributed by atoms with Crippen molar-refractivity contribution in [1.29, 1.82) is 0 Å². The Balaban J connectivity index is 2.09. The monoisotopic (exact) mass is 480 g/mol. The zero-order chi connectivity index (χ0) is 24.6. The van der Waals surface area contributed by atoms with E-state index in [1.165, 1.54) is 57.7 Å². The molecule has 2 aromatic carbocycles. The van der Waals surface area contributed by atoms with Gasteiger partial charge in [-0.3, -0.25) is 4.79 Å². The lowest BCUT2D eigenvalue weighted by atomic mass is 10.1. The summed E-state index contributed by atoms with van der Waals surface area (Å²) in [6.45, 7) is 3.27. The predicted octanol–water partition coefficient (Wildman–Crippen LogP) is 2.58. The second-order valence-electron chi connectivity index (χ2n) is 6.98. The molecule has 1 amide bonds. The van der Waals surface area contributed by atoms with Crippen LogP contribution in [0.2, 0.25) is 0 Å². The number of ether oxygens (including phenoxy) is 4. The maximum atomic E-state index is 12.4. The van der Waals surface area contributed by atoms with Crippen LogP contribution in [0.15, 0.2) is 41.3 Å². The zero-order valence-corrected chi connectivity index (χ0v) is 19.9. The smallest absolute Gasteiger partial charge is 0.340 e. The normalized spacial score (nSPS) is 11.9. The first-order valence-corrected chi connectivity index (χ1v) is 11.5. The molecule has 0 radical (unpaired) electrons. The molecular weight excluding hydrogens is 452 g/mol. The van der Waals surface area contributed by atoms with Crippen LogP contribution in [-0.4, -0.2) is 54.3 Å². The first-order chi connectivity index (χ1) is 15.6. The molecule has 0 saturated heterocycles. The first-order valence-electron chi connectivity index (χ1n) is 10.0. The Labute approximate surface area is 193 Å². The van der Waals surface area contributed by atoms with Crippen LogP contribution in [0.25, 0.3) is 0 Å². The molecule has 2 rings (SSSR count). The Morgan fingerprint density at radius 1 is 1.00 bits per heavy atom. The van der Waals surface area contributed by atoms with Crippen molar-refractivity contribution >= 4 is 27.6 Å². The van der Waals surface area contributed by atoms with Crippen molar-refractivity contribution in [3.8, 4) is 17.2 Å². The summed E-state index contributed by atoms with van der Waals surface area (Å²) in [6.07, 6.45) is 0.660. The van der Waals surface area contributed by atoms with E-state index in [-0.39, 0.29) is 28.8 Å². The lowest BCUT2D eigenvalue weighted by molar-refractivity contribution is -0.118. The quantitative estimate of drug-likeness (QED) is 0.470. The summed E-state index contributed by atoms with van der Waals surface area (Å²) < 4.78 is 47.8. The van der Waals surface area contributed by atoms with Gasteiger partial charge in [0.1, 0.15) is 5.75 Å². The highest BCUT2D eigenvalue weighted by atomic mass is 32.2. The summed E-state index contributed by atoms with van der Waals surface area (Å²) in [6, 6.07) is 8.33. The third kappa shape index (κ3) is 6.83. The fourth-order valence-corrected chi connectivity index (χ4v) is 4.05. The number of benzene rings is 2. The highest BCUT2D eigenvalue weighted by Crippen LogP contribution is 2.33. The van der Waals surface area contributed by atoms with E-state index in [1.54, 1.807) is 6.92 Å². The van der Waals surface area contributed by atoms with Crippen LogP contribution in [0.4, 0.5) is 5.69 Å². The summed E-state index contributed by atoms with van der Waals surface area (Å²) in [5.41, 5.74) is 0.234. The molecule has 11 heteroatoms. The van der Waals surface area contributed by atoms with Gasteiger partial charge in [0.2, 0.25) is 10.0 Å². The third-order valence-corrected chi connectivity index (χ3v) is 6.28. The van der Waals surface area contributed by atoms with E-state index in [9.17, 15) is 18.0 Å². The molecule has 0 fully saturated rings. The molecule has 180 valence electrons. The van der Waals surface area contributed by atoms with Gasteiger partial charge in [0.15, 0.2) is 18.1 Å². The molecule has 0 heterocycles. The number of rotatable bonds is 11. The molecule has 0 aliphatic rings. The second-order valence-corrected chi connectivity index (χ2v) is 8.70. The van der Waals surface area contributed by atoms with Gasteiger partial charge in [0, 0.05) is 18.2 Å². The molecule has 0 unspecified atom stereocenters. The number of methoxy groups -OCH3 is 3. The Hall–Kier alpha value is -3.31. The van der Waals surface area contributed by atoms with Gasteiger partial charge in [-0.05, 0) is 37.6 Å². The molecule has 0 aliphatic heterocycles. The van der Waals surface area contributed by atoms with Gasteiger partial charge in [0.25, 0.3) is 5.91 Å². The van der Waals surface area contributed by atoms with Crippen molar-refractivity contribution < 1.29 is 37.0 Å². The van der Waals surface area contributed by atoms with E-state index in [4.69, 9.17) is 18.9 Å². The fourth-order valence-electron chi connectivity index (χ4n) is 2.73. The molecule has 2 aromatic rings. The van der Waals surface area contributed by atoms with Gasteiger partial charge in [-0.15, -0.1) is 0 Å². The van der Waals surface area contributed by atoms with E-state index >= 15 is 0 Å². The predicted molar refractivity (Wildman–Crippen MR) is 122 cm³/mol. The molecule has 10 nitrogen and oxygen atoms in total. The topological polar surface area (TPSA) is 129 Å². The average Bonchev–Trinajstić information content (AvgIpc) is 2.81. The molecular formula is C22H28N2O8S. The van der Waals surface area contributed by atoms with E-state index in [1.807, 2.05) is 6.92 Å². The minimum absolute atomic E-state index is 0.0758. The number of amides is 1. The minimum Gasteiger partial charge on any atom is -0.493 e. The molecule has 0 spiro atoms. The van der Waals surface area contributed by atoms with Gasteiger partial charge < -0.3 is 24.3 Å². The van der Waals surface area contributed by atoms with Crippen LogP contribution in [0.1, 0.15) is 30.6 Å². The number of anilines is 1. The zero-order valence-electron chi connectivity index (χ0n) is 19.1. The Morgan fingerprint density at radius 2 is 1.61 bits per heavy atom. The summed E-state index contributed by atoms with van der Waals surface area (Å²) in [5.74, 6) is -0.320. The average molecular weight is 481 g/mol. The maximum Gasteiger partial charge on any atom is 0.340 e. The van der Waals surface area contributed by atoms with E-state index in [0.29, 0.717) is 23.7 Å². The van der Waals surface area contributed by atoms with Crippen LogP contribution in [0.5, 0.6) is 17.2 Å². The third-order valence-electron chi connectivity index (χ3n) is 4.68. The largest absolute Gasteiger partial charge is 0.493 e. The summed E-state index contributed by atoms with van der Waals surface area (Å²) in [4.78, 5) is 24.6. The van der Waals surface area contributed by atoms with Gasteiger partial charge in [-0.25, -0.2) is 17.9 Å². The second kappa shape index (κ2) is 11.5. The molecule has 0 aliphatic carbocycles. The first kappa shape index (κ1) is 25.9. The summed E-state index contributed by atoms with van der Waals surface area (Å²) in [5, 5.41) is 2.58. The maximum absolute atomic E-state index is 12.4. The molecule has 0 aromatic heterocycles. The van der Waals surface area contributed by atoms with Crippen LogP contribution >= 0.6 is 0 Å². The Kier molecular flexibility index (Phi) is 9.06. The lowest BCUT2D eigenvalue weighted by Gasteiger charge is -2.15. The van der Waals surface area contributed by atoms with E-state index < -0.39 is 21.9 Å². The Morgan fingerprint density at radius 3 is 2.15 bits per heavy atom. The van der Waals surface area contributed by atoms with Crippen LogP contribution in [0.3, 0.4) is 0 Å². The van der Waals surface area contributed by atoms with Crippen molar-refractivity contribution in [3.05, 3.63) is 42.0 Å². The number of sulfonamides is 1. The van der Waals surface area contributed by atoms with Crippen LogP contribution in [0, 0.1) is 0 Å². The molecule has 0 bridgehead atoms. The number of esters is 1. The lowest BCUT2D eigenvalue weighted by Crippen LogP contribution is -2.31. The molecule has 1 atom stereocenters. The van der Waals surface area contributed by atoms with Crippen LogP contribution in [-0.2, 0) is 19.6 Å². The van der Waals surface area contributed by atoms with E-state index in [0.717, 1.165) is 0 Å². The van der Waals surface area contributed by atoms with Crippen molar-refractivity contribution in [3.63, 3.8) is 0 Å². The number of hydrogen-bond acceptors (Lipinski definition) is 8. The Bertz CT molecular complexity index is 1080.